The molecule has 0 aliphatic carbocycles. The number of rotatable bonds is 5. The molecule has 6 heteroatoms. The largest absolute Gasteiger partial charge is 0.345 e. The zero-order valence-electron chi connectivity index (χ0n) is 12.5. The van der Waals surface area contributed by atoms with Crippen LogP contribution in [0.4, 0.5) is 0 Å². The minimum Gasteiger partial charge on any atom is -0.345 e. The summed E-state index contributed by atoms with van der Waals surface area (Å²) in [4.78, 5) is 30.2. The van der Waals surface area contributed by atoms with Crippen molar-refractivity contribution in [2.75, 3.05) is 0 Å². The Morgan fingerprint density at radius 1 is 1.45 bits per heavy atom. The van der Waals surface area contributed by atoms with Gasteiger partial charge in [0.2, 0.25) is 0 Å². The van der Waals surface area contributed by atoms with E-state index in [0.29, 0.717) is 11.5 Å². The van der Waals surface area contributed by atoms with Gasteiger partial charge in [-0.25, -0.2) is 0 Å². The Morgan fingerprint density at radius 3 is 2.82 bits per heavy atom. The summed E-state index contributed by atoms with van der Waals surface area (Å²) in [6, 6.07) is 4.99. The molecule has 0 radical (unpaired) electrons. The molecular formula is C16H18ClN3O2. The lowest BCUT2D eigenvalue weighted by Gasteiger charge is -2.20. The van der Waals surface area contributed by atoms with Gasteiger partial charge in [0.05, 0.1) is 11.6 Å². The minimum absolute atomic E-state index is 0.00515. The maximum absolute atomic E-state index is 12.4. The van der Waals surface area contributed by atoms with Crippen LogP contribution in [0.1, 0.15) is 42.2 Å². The van der Waals surface area contributed by atoms with Gasteiger partial charge in [0.15, 0.2) is 0 Å². The van der Waals surface area contributed by atoms with Gasteiger partial charge in [-0.1, -0.05) is 31.5 Å². The van der Waals surface area contributed by atoms with Crippen molar-refractivity contribution < 1.29 is 4.79 Å². The van der Waals surface area contributed by atoms with Crippen LogP contribution in [0.3, 0.4) is 0 Å². The predicted molar refractivity (Wildman–Crippen MR) is 86.0 cm³/mol. The molecule has 0 aliphatic rings. The molecule has 0 unspecified atom stereocenters. The van der Waals surface area contributed by atoms with Crippen LogP contribution in [0.5, 0.6) is 0 Å². The van der Waals surface area contributed by atoms with Crippen LogP contribution in [0, 0.1) is 5.92 Å². The van der Waals surface area contributed by atoms with Gasteiger partial charge < -0.3 is 10.3 Å². The number of aromatic amines is 1. The summed E-state index contributed by atoms with van der Waals surface area (Å²) in [6.07, 6.45) is 5.58. The zero-order valence-corrected chi connectivity index (χ0v) is 13.2. The van der Waals surface area contributed by atoms with Gasteiger partial charge in [0.25, 0.3) is 11.5 Å². The molecule has 0 aromatic carbocycles. The molecule has 2 aromatic rings. The second-order valence-corrected chi connectivity index (χ2v) is 5.91. The Bertz CT molecular complexity index is 698. The monoisotopic (exact) mass is 319 g/mol. The number of nitrogens with zero attached hydrogens (tertiary/aromatic N) is 1. The highest BCUT2D eigenvalue weighted by molar-refractivity contribution is 6.30. The van der Waals surface area contributed by atoms with Gasteiger partial charge in [-0.15, -0.1) is 0 Å². The molecule has 0 aliphatic heterocycles. The molecule has 5 nitrogen and oxygen atoms in total. The van der Waals surface area contributed by atoms with Crippen molar-refractivity contribution in [3.63, 3.8) is 0 Å². The lowest BCUT2D eigenvalue weighted by molar-refractivity contribution is 0.0931. The van der Waals surface area contributed by atoms with Gasteiger partial charge in [-0.3, -0.25) is 14.6 Å². The van der Waals surface area contributed by atoms with E-state index >= 15 is 0 Å². The Hall–Kier alpha value is -2.14. The number of carbonyl (C=O) groups excluding carboxylic acids is 1. The van der Waals surface area contributed by atoms with Crippen molar-refractivity contribution in [1.82, 2.24) is 15.3 Å². The van der Waals surface area contributed by atoms with Gasteiger partial charge in [-0.2, -0.15) is 0 Å². The first-order valence-electron chi connectivity index (χ1n) is 7.06. The fourth-order valence-corrected chi connectivity index (χ4v) is 2.33. The summed E-state index contributed by atoms with van der Waals surface area (Å²) in [5.41, 5.74) is 0.853. The summed E-state index contributed by atoms with van der Waals surface area (Å²) >= 11 is 5.76. The number of hydrogen-bond donors (Lipinski definition) is 2. The van der Waals surface area contributed by atoms with E-state index in [-0.39, 0.29) is 17.0 Å². The fourth-order valence-electron chi connectivity index (χ4n) is 2.16. The average Bonchev–Trinajstić information content (AvgIpc) is 2.49. The molecule has 2 aromatic heterocycles. The van der Waals surface area contributed by atoms with Gasteiger partial charge in [0, 0.05) is 18.6 Å². The lowest BCUT2D eigenvalue weighted by Crippen LogP contribution is -2.30. The Kier molecular flexibility index (Phi) is 5.33. The maximum Gasteiger partial charge on any atom is 0.266 e. The van der Waals surface area contributed by atoms with E-state index in [4.69, 9.17) is 11.6 Å². The Balaban J connectivity index is 2.21. The second-order valence-electron chi connectivity index (χ2n) is 5.51. The average molecular weight is 320 g/mol. The van der Waals surface area contributed by atoms with E-state index in [0.717, 1.165) is 12.0 Å². The third-order valence-electron chi connectivity index (χ3n) is 3.22. The third kappa shape index (κ3) is 4.18. The normalized spacial score (nSPS) is 12.2. The van der Waals surface area contributed by atoms with Crippen LogP contribution in [0.15, 0.2) is 41.6 Å². The third-order valence-corrected chi connectivity index (χ3v) is 3.50. The molecule has 1 atom stereocenters. The number of pyridine rings is 2. The second kappa shape index (κ2) is 7.22. The standard InChI is InChI=1S/C16H18ClN3O2/c1-10(2)6-14(11-4-3-5-18-8-11)20-15(21)12-7-13(17)16(22)19-9-12/h3-5,7-10,14H,6H2,1-2H3,(H,19,22)(H,20,21)/t14-/m0/s1. The number of amides is 1. The smallest absolute Gasteiger partial charge is 0.266 e. The van der Waals surface area contributed by atoms with Crippen molar-refractivity contribution in [2.45, 2.75) is 26.3 Å². The van der Waals surface area contributed by atoms with Crippen LogP contribution in [-0.4, -0.2) is 15.9 Å². The molecule has 2 heterocycles. The number of H-pyrrole nitrogens is 1. The van der Waals surface area contributed by atoms with Crippen LogP contribution in [0.2, 0.25) is 5.02 Å². The van der Waals surface area contributed by atoms with Crippen LogP contribution < -0.4 is 10.9 Å². The first kappa shape index (κ1) is 16.2. The number of nitrogens with one attached hydrogen (secondary N) is 2. The molecule has 0 spiro atoms. The fraction of sp³-hybridized carbons (Fsp3) is 0.312. The topological polar surface area (TPSA) is 74.8 Å². The minimum atomic E-state index is -0.413. The number of halogens is 1. The van der Waals surface area contributed by atoms with Crippen molar-refractivity contribution in [3.8, 4) is 0 Å². The molecule has 2 N–H and O–H groups in total. The van der Waals surface area contributed by atoms with E-state index in [2.05, 4.69) is 29.1 Å². The van der Waals surface area contributed by atoms with Gasteiger partial charge in [0.1, 0.15) is 5.02 Å². The molecule has 22 heavy (non-hydrogen) atoms. The number of aromatic nitrogens is 2. The first-order valence-corrected chi connectivity index (χ1v) is 7.44. The van der Waals surface area contributed by atoms with E-state index in [1.165, 1.54) is 12.3 Å². The quantitative estimate of drug-likeness (QED) is 0.889. The number of hydrogen-bond acceptors (Lipinski definition) is 3. The van der Waals surface area contributed by atoms with E-state index < -0.39 is 5.56 Å². The SMILES string of the molecule is CC(C)C[C@H](NC(=O)c1c[nH]c(=O)c(Cl)c1)c1cccnc1. The Morgan fingerprint density at radius 2 is 2.23 bits per heavy atom. The summed E-state index contributed by atoms with van der Waals surface area (Å²) in [5.74, 6) is 0.123. The van der Waals surface area contributed by atoms with E-state index in [1.54, 1.807) is 12.4 Å². The van der Waals surface area contributed by atoms with Crippen LogP contribution in [-0.2, 0) is 0 Å². The molecule has 0 bridgehead atoms. The first-order chi connectivity index (χ1) is 10.5. The molecule has 0 saturated heterocycles. The molecule has 1 amide bonds. The molecule has 0 saturated carbocycles. The highest BCUT2D eigenvalue weighted by Gasteiger charge is 2.18. The molecule has 2 rings (SSSR count). The highest BCUT2D eigenvalue weighted by Crippen LogP contribution is 2.21. The van der Waals surface area contributed by atoms with Crippen molar-refractivity contribution in [2.24, 2.45) is 5.92 Å². The summed E-state index contributed by atoms with van der Waals surface area (Å²) in [7, 11) is 0. The van der Waals surface area contributed by atoms with Crippen LogP contribution in [0.25, 0.3) is 0 Å². The summed E-state index contributed by atoms with van der Waals surface area (Å²) in [6.45, 7) is 4.18. The molecule has 0 fully saturated rings. The van der Waals surface area contributed by atoms with Crippen molar-refractivity contribution >= 4 is 17.5 Å². The summed E-state index contributed by atoms with van der Waals surface area (Å²) in [5, 5.41) is 2.96. The Labute approximate surface area is 133 Å². The van der Waals surface area contributed by atoms with Crippen LogP contribution >= 0.6 is 11.6 Å². The van der Waals surface area contributed by atoms with E-state index in [9.17, 15) is 9.59 Å². The molecule has 116 valence electrons. The zero-order chi connectivity index (χ0) is 16.1. The predicted octanol–water partition coefficient (Wildman–Crippen LogP) is 2.94. The van der Waals surface area contributed by atoms with Crippen molar-refractivity contribution in [3.05, 3.63) is 63.3 Å². The maximum atomic E-state index is 12.4. The summed E-state index contributed by atoms with van der Waals surface area (Å²) < 4.78 is 0. The molecular weight excluding hydrogens is 302 g/mol. The van der Waals surface area contributed by atoms with Crippen molar-refractivity contribution in [1.29, 1.82) is 0 Å². The van der Waals surface area contributed by atoms with Gasteiger partial charge >= 0.3 is 0 Å². The van der Waals surface area contributed by atoms with Gasteiger partial charge in [-0.05, 0) is 30.0 Å². The lowest BCUT2D eigenvalue weighted by atomic mass is 9.98. The highest BCUT2D eigenvalue weighted by atomic mass is 35.5. The number of carbonyl (C=O) groups is 1. The van der Waals surface area contributed by atoms with E-state index in [1.807, 2.05) is 12.1 Å².